The van der Waals surface area contributed by atoms with Gasteiger partial charge >= 0.3 is 5.97 Å². The Kier molecular flexibility index (Phi) is 4.48. The van der Waals surface area contributed by atoms with Gasteiger partial charge in [-0.25, -0.2) is 4.79 Å². The van der Waals surface area contributed by atoms with Crippen molar-refractivity contribution in [3.05, 3.63) is 36.0 Å². The highest BCUT2D eigenvalue weighted by Gasteiger charge is 2.17. The molecule has 0 saturated heterocycles. The molecule has 0 bridgehead atoms. The van der Waals surface area contributed by atoms with Crippen molar-refractivity contribution in [1.29, 1.82) is 0 Å². The monoisotopic (exact) mass is 273 g/mol. The van der Waals surface area contributed by atoms with Crippen molar-refractivity contribution in [2.75, 3.05) is 6.61 Å². The van der Waals surface area contributed by atoms with E-state index < -0.39 is 0 Å². The van der Waals surface area contributed by atoms with Crippen LogP contribution in [-0.4, -0.2) is 17.1 Å². The van der Waals surface area contributed by atoms with E-state index in [0.29, 0.717) is 12.5 Å². The highest BCUT2D eigenvalue weighted by atomic mass is 16.5. The van der Waals surface area contributed by atoms with E-state index in [1.54, 1.807) is 0 Å². The molecule has 0 saturated carbocycles. The van der Waals surface area contributed by atoms with Crippen LogP contribution >= 0.6 is 0 Å². The van der Waals surface area contributed by atoms with Crippen LogP contribution in [0.5, 0.6) is 0 Å². The molecular weight excluding hydrogens is 250 g/mol. The van der Waals surface area contributed by atoms with Crippen LogP contribution in [0.3, 0.4) is 0 Å². The number of aromatic nitrogens is 1. The summed E-state index contributed by atoms with van der Waals surface area (Å²) in [6.07, 6.45) is 2.86. The molecule has 0 N–H and O–H groups in total. The number of hydrogen-bond donors (Lipinski definition) is 0. The summed E-state index contributed by atoms with van der Waals surface area (Å²) in [5.74, 6) is 0.386. The molecule has 0 radical (unpaired) electrons. The summed E-state index contributed by atoms with van der Waals surface area (Å²) < 4.78 is 7.33. The van der Waals surface area contributed by atoms with Gasteiger partial charge in [0.15, 0.2) is 0 Å². The maximum absolute atomic E-state index is 12.1. The lowest BCUT2D eigenvalue weighted by Gasteiger charge is -2.15. The molecule has 108 valence electrons. The number of rotatable bonds is 5. The second kappa shape index (κ2) is 6.12. The molecule has 0 aliphatic heterocycles. The number of carbonyl (C=O) groups excluding carboxylic acids is 1. The van der Waals surface area contributed by atoms with Crippen LogP contribution in [0.4, 0.5) is 0 Å². The number of carbonyl (C=O) groups is 1. The fraction of sp³-hybridized carbons (Fsp3) is 0.471. The highest BCUT2D eigenvalue weighted by Crippen LogP contribution is 2.22. The molecule has 0 aliphatic rings. The van der Waals surface area contributed by atoms with Crippen molar-refractivity contribution in [3.8, 4) is 0 Å². The van der Waals surface area contributed by atoms with Gasteiger partial charge in [0.2, 0.25) is 0 Å². The SMILES string of the molecule is Cc1ccc2c(ccn2C(C)C(=O)OCCC(C)C)c1. The molecule has 3 heteroatoms. The quantitative estimate of drug-likeness (QED) is 0.768. The zero-order chi connectivity index (χ0) is 14.7. The molecule has 1 heterocycles. The number of ether oxygens (including phenoxy) is 1. The summed E-state index contributed by atoms with van der Waals surface area (Å²) in [6.45, 7) is 8.70. The lowest BCUT2D eigenvalue weighted by atomic mass is 10.1. The average molecular weight is 273 g/mol. The van der Waals surface area contributed by atoms with Crippen LogP contribution in [0.25, 0.3) is 10.9 Å². The molecule has 1 aromatic heterocycles. The first-order chi connectivity index (χ1) is 9.49. The summed E-state index contributed by atoms with van der Waals surface area (Å²) in [7, 11) is 0. The summed E-state index contributed by atoms with van der Waals surface area (Å²) in [6, 6.07) is 8.00. The molecule has 0 aliphatic carbocycles. The van der Waals surface area contributed by atoms with Gasteiger partial charge in [0.25, 0.3) is 0 Å². The van der Waals surface area contributed by atoms with Crippen LogP contribution in [0, 0.1) is 12.8 Å². The zero-order valence-corrected chi connectivity index (χ0v) is 12.7. The van der Waals surface area contributed by atoms with Crippen molar-refractivity contribution in [1.82, 2.24) is 4.57 Å². The maximum Gasteiger partial charge on any atom is 0.328 e. The summed E-state index contributed by atoms with van der Waals surface area (Å²) >= 11 is 0. The van der Waals surface area contributed by atoms with Gasteiger partial charge in [0, 0.05) is 11.7 Å². The van der Waals surface area contributed by atoms with Gasteiger partial charge in [0.05, 0.1) is 6.61 Å². The molecule has 1 unspecified atom stereocenters. The molecule has 1 atom stereocenters. The molecule has 2 aromatic rings. The van der Waals surface area contributed by atoms with E-state index in [4.69, 9.17) is 4.74 Å². The molecule has 0 amide bonds. The van der Waals surface area contributed by atoms with Crippen molar-refractivity contribution in [3.63, 3.8) is 0 Å². The van der Waals surface area contributed by atoms with Crippen molar-refractivity contribution >= 4 is 16.9 Å². The maximum atomic E-state index is 12.1. The Labute approximate surface area is 120 Å². The normalized spacial score (nSPS) is 12.8. The predicted octanol–water partition coefficient (Wildman–Crippen LogP) is 4.10. The Morgan fingerprint density at radius 2 is 2.00 bits per heavy atom. The second-order valence-corrected chi connectivity index (χ2v) is 5.81. The van der Waals surface area contributed by atoms with E-state index in [2.05, 4.69) is 39.0 Å². The first-order valence-electron chi connectivity index (χ1n) is 7.23. The molecule has 3 nitrogen and oxygen atoms in total. The van der Waals surface area contributed by atoms with E-state index in [1.807, 2.05) is 23.8 Å². The molecule has 0 fully saturated rings. The summed E-state index contributed by atoms with van der Waals surface area (Å²) in [5, 5.41) is 1.16. The van der Waals surface area contributed by atoms with Crippen molar-refractivity contribution in [2.24, 2.45) is 5.92 Å². The molecular formula is C17H23NO2. The van der Waals surface area contributed by atoms with E-state index in [-0.39, 0.29) is 12.0 Å². The number of hydrogen-bond acceptors (Lipinski definition) is 2. The van der Waals surface area contributed by atoms with Gasteiger partial charge in [-0.3, -0.25) is 0 Å². The third kappa shape index (κ3) is 3.21. The van der Waals surface area contributed by atoms with Gasteiger partial charge in [0.1, 0.15) is 6.04 Å². The Balaban J connectivity index is 2.10. The number of benzene rings is 1. The fourth-order valence-electron chi connectivity index (χ4n) is 2.25. The zero-order valence-electron chi connectivity index (χ0n) is 12.7. The highest BCUT2D eigenvalue weighted by molar-refractivity contribution is 5.84. The number of aryl methyl sites for hydroxylation is 1. The van der Waals surface area contributed by atoms with Crippen molar-refractivity contribution < 1.29 is 9.53 Å². The standard InChI is InChI=1S/C17H23NO2/c1-12(2)8-10-20-17(19)14(4)18-9-7-15-11-13(3)5-6-16(15)18/h5-7,9,11-12,14H,8,10H2,1-4H3. The molecule has 2 rings (SSSR count). The topological polar surface area (TPSA) is 31.2 Å². The first-order valence-corrected chi connectivity index (χ1v) is 7.23. The molecule has 20 heavy (non-hydrogen) atoms. The summed E-state index contributed by atoms with van der Waals surface area (Å²) in [5.41, 5.74) is 2.30. The van der Waals surface area contributed by atoms with Gasteiger partial charge in [-0.15, -0.1) is 0 Å². The van der Waals surface area contributed by atoms with Gasteiger partial charge in [-0.2, -0.15) is 0 Å². The van der Waals surface area contributed by atoms with E-state index >= 15 is 0 Å². The van der Waals surface area contributed by atoms with Crippen LogP contribution in [0.15, 0.2) is 30.5 Å². The van der Waals surface area contributed by atoms with Crippen LogP contribution in [0.1, 0.15) is 38.8 Å². The third-order valence-corrected chi connectivity index (χ3v) is 3.57. The van der Waals surface area contributed by atoms with E-state index in [1.165, 1.54) is 5.56 Å². The number of esters is 1. The fourth-order valence-corrected chi connectivity index (χ4v) is 2.25. The smallest absolute Gasteiger partial charge is 0.328 e. The minimum absolute atomic E-state index is 0.163. The van der Waals surface area contributed by atoms with Gasteiger partial charge in [-0.1, -0.05) is 25.5 Å². The van der Waals surface area contributed by atoms with Crippen LogP contribution in [-0.2, 0) is 9.53 Å². The Morgan fingerprint density at radius 3 is 2.70 bits per heavy atom. The van der Waals surface area contributed by atoms with Gasteiger partial charge in [-0.05, 0) is 49.8 Å². The molecule has 0 spiro atoms. The minimum Gasteiger partial charge on any atom is -0.464 e. The lowest BCUT2D eigenvalue weighted by Crippen LogP contribution is -2.19. The third-order valence-electron chi connectivity index (χ3n) is 3.57. The molecule has 1 aromatic carbocycles. The average Bonchev–Trinajstić information content (AvgIpc) is 2.80. The predicted molar refractivity (Wildman–Crippen MR) is 81.8 cm³/mol. The van der Waals surface area contributed by atoms with E-state index in [9.17, 15) is 4.79 Å². The Hall–Kier alpha value is -1.77. The largest absolute Gasteiger partial charge is 0.464 e. The van der Waals surface area contributed by atoms with Crippen molar-refractivity contribution in [2.45, 2.75) is 40.2 Å². The Morgan fingerprint density at radius 1 is 1.25 bits per heavy atom. The van der Waals surface area contributed by atoms with Crippen LogP contribution in [0.2, 0.25) is 0 Å². The van der Waals surface area contributed by atoms with E-state index in [0.717, 1.165) is 17.3 Å². The van der Waals surface area contributed by atoms with Crippen LogP contribution < -0.4 is 0 Å². The minimum atomic E-state index is -0.289. The lowest BCUT2D eigenvalue weighted by molar-refractivity contribution is -0.147. The number of fused-ring (bicyclic) bond motifs is 1. The second-order valence-electron chi connectivity index (χ2n) is 5.81. The first kappa shape index (κ1) is 14.6. The Bertz CT molecular complexity index is 598. The number of nitrogens with zero attached hydrogens (tertiary/aromatic N) is 1. The summed E-state index contributed by atoms with van der Waals surface area (Å²) in [4.78, 5) is 12.1. The van der Waals surface area contributed by atoms with Gasteiger partial charge < -0.3 is 9.30 Å².